The molecule has 0 unspecified atom stereocenters. The molecule has 1 aromatic heterocycles. The fourth-order valence-corrected chi connectivity index (χ4v) is 4.54. The van der Waals surface area contributed by atoms with E-state index < -0.39 is 5.25 Å². The zero-order chi connectivity index (χ0) is 21.8. The van der Waals surface area contributed by atoms with E-state index >= 15 is 0 Å². The minimum atomic E-state index is -0.611. The Kier molecular flexibility index (Phi) is 6.84. The van der Waals surface area contributed by atoms with E-state index in [2.05, 4.69) is 10.2 Å². The predicted molar refractivity (Wildman–Crippen MR) is 116 cm³/mol. The Labute approximate surface area is 183 Å². The number of ether oxygens (including phenoxy) is 2. The monoisotopic (exact) mass is 448 g/mol. The molecule has 0 fully saturated rings. The normalized spacial score (nSPS) is 11.9. The van der Waals surface area contributed by atoms with Crippen LogP contribution in [-0.2, 0) is 0 Å². The van der Waals surface area contributed by atoms with Crippen LogP contribution in [0.4, 0.5) is 0 Å². The van der Waals surface area contributed by atoms with Crippen molar-refractivity contribution in [3.8, 4) is 17.2 Å². The lowest BCUT2D eigenvalue weighted by molar-refractivity contribution is -0.479. The molecule has 0 N–H and O–H groups in total. The molecule has 0 radical (unpaired) electrons. The first-order chi connectivity index (χ1) is 14.3. The van der Waals surface area contributed by atoms with E-state index in [1.807, 2.05) is 42.7 Å². The van der Waals surface area contributed by atoms with Crippen molar-refractivity contribution in [3.05, 3.63) is 68.5 Å². The first kappa shape index (κ1) is 21.9. The molecule has 30 heavy (non-hydrogen) atoms. The van der Waals surface area contributed by atoms with Crippen molar-refractivity contribution in [2.75, 3.05) is 20.8 Å². The van der Waals surface area contributed by atoms with Gasteiger partial charge in [-0.25, -0.2) is 0 Å². The van der Waals surface area contributed by atoms with Gasteiger partial charge in [0.1, 0.15) is 11.1 Å². The molecule has 158 valence electrons. The number of rotatable bonds is 8. The maximum atomic E-state index is 11.4. The van der Waals surface area contributed by atoms with Crippen LogP contribution in [0.25, 0.3) is 5.69 Å². The average Bonchev–Trinajstić information content (AvgIpc) is 3.07. The first-order valence-corrected chi connectivity index (χ1v) is 10.3. The van der Waals surface area contributed by atoms with Crippen LogP contribution in [0, 0.1) is 24.0 Å². The summed E-state index contributed by atoms with van der Waals surface area (Å²) in [5, 5.41) is 20.1. The number of benzene rings is 2. The number of aryl methyl sites for hydroxylation is 2. The van der Waals surface area contributed by atoms with Crippen LogP contribution in [0.3, 0.4) is 0 Å². The Morgan fingerprint density at radius 1 is 1.13 bits per heavy atom. The van der Waals surface area contributed by atoms with E-state index in [0.29, 0.717) is 33.1 Å². The van der Waals surface area contributed by atoms with E-state index in [4.69, 9.17) is 21.1 Å². The third kappa shape index (κ3) is 4.68. The van der Waals surface area contributed by atoms with Crippen LogP contribution in [0.2, 0.25) is 5.02 Å². The van der Waals surface area contributed by atoms with Gasteiger partial charge in [0.15, 0.2) is 16.7 Å². The third-order valence-corrected chi connectivity index (χ3v) is 5.99. The minimum Gasteiger partial charge on any atom is -0.493 e. The van der Waals surface area contributed by atoms with E-state index in [1.165, 1.54) is 26.0 Å². The van der Waals surface area contributed by atoms with Crippen molar-refractivity contribution in [2.24, 2.45) is 0 Å². The molecule has 1 heterocycles. The Bertz CT molecular complexity index is 1060. The largest absolute Gasteiger partial charge is 0.493 e. The van der Waals surface area contributed by atoms with Crippen molar-refractivity contribution in [2.45, 2.75) is 24.3 Å². The SMILES string of the molecule is COc1cc(Cl)c([C@H](C[N+](=O)[O-])Sc2nnc(C)n2-c2ccc(C)cc2)cc1OC. The molecule has 8 nitrogen and oxygen atoms in total. The van der Waals surface area contributed by atoms with Crippen LogP contribution >= 0.6 is 23.4 Å². The molecule has 1 atom stereocenters. The lowest BCUT2D eigenvalue weighted by Gasteiger charge is -2.17. The Balaban J connectivity index is 2.04. The van der Waals surface area contributed by atoms with Gasteiger partial charge in [0.2, 0.25) is 6.54 Å². The smallest absolute Gasteiger partial charge is 0.220 e. The van der Waals surface area contributed by atoms with Crippen molar-refractivity contribution < 1.29 is 14.4 Å². The van der Waals surface area contributed by atoms with Gasteiger partial charge in [-0.1, -0.05) is 41.1 Å². The summed E-state index contributed by atoms with van der Waals surface area (Å²) >= 11 is 7.68. The molecule has 10 heteroatoms. The van der Waals surface area contributed by atoms with Crippen LogP contribution in [0.1, 0.15) is 22.2 Å². The fraction of sp³-hybridized carbons (Fsp3) is 0.300. The van der Waals surface area contributed by atoms with E-state index in [1.54, 1.807) is 12.1 Å². The van der Waals surface area contributed by atoms with Crippen molar-refractivity contribution in [3.63, 3.8) is 0 Å². The van der Waals surface area contributed by atoms with Crippen LogP contribution in [0.15, 0.2) is 41.6 Å². The highest BCUT2D eigenvalue weighted by molar-refractivity contribution is 7.99. The Morgan fingerprint density at radius 2 is 1.77 bits per heavy atom. The fourth-order valence-electron chi connectivity index (χ4n) is 2.99. The molecule has 0 saturated heterocycles. The number of aromatic nitrogens is 3. The maximum Gasteiger partial charge on any atom is 0.220 e. The number of methoxy groups -OCH3 is 2. The molecular formula is C20H21ClN4O4S. The molecule has 3 aromatic rings. The van der Waals surface area contributed by atoms with Gasteiger partial charge in [-0.2, -0.15) is 0 Å². The Hall–Kier alpha value is -2.78. The summed E-state index contributed by atoms with van der Waals surface area (Å²) < 4.78 is 12.5. The van der Waals surface area contributed by atoms with Gasteiger partial charge < -0.3 is 9.47 Å². The zero-order valence-corrected chi connectivity index (χ0v) is 18.5. The highest BCUT2D eigenvalue weighted by Gasteiger charge is 2.27. The number of nitro groups is 1. The van der Waals surface area contributed by atoms with Crippen molar-refractivity contribution in [1.82, 2.24) is 14.8 Å². The van der Waals surface area contributed by atoms with E-state index in [-0.39, 0.29) is 11.5 Å². The molecule has 0 saturated carbocycles. The van der Waals surface area contributed by atoms with Gasteiger partial charge in [-0.3, -0.25) is 14.7 Å². The number of thioether (sulfide) groups is 1. The second kappa shape index (κ2) is 9.36. The van der Waals surface area contributed by atoms with Crippen molar-refractivity contribution >= 4 is 23.4 Å². The summed E-state index contributed by atoms with van der Waals surface area (Å²) in [6.45, 7) is 3.49. The molecule has 0 aliphatic heterocycles. The Morgan fingerprint density at radius 3 is 2.37 bits per heavy atom. The first-order valence-electron chi connectivity index (χ1n) is 9.03. The zero-order valence-electron chi connectivity index (χ0n) is 17.0. The molecule has 0 aliphatic carbocycles. The number of nitrogens with zero attached hydrogens (tertiary/aromatic N) is 4. The molecule has 0 spiro atoms. The van der Waals surface area contributed by atoms with E-state index in [0.717, 1.165) is 11.3 Å². The summed E-state index contributed by atoms with van der Waals surface area (Å²) in [7, 11) is 3.01. The summed E-state index contributed by atoms with van der Waals surface area (Å²) in [5.74, 6) is 1.58. The quantitative estimate of drug-likeness (QED) is 0.281. The van der Waals surface area contributed by atoms with E-state index in [9.17, 15) is 10.1 Å². The topological polar surface area (TPSA) is 92.3 Å². The minimum absolute atomic E-state index is 0.348. The molecule has 3 rings (SSSR count). The van der Waals surface area contributed by atoms with Gasteiger partial charge in [-0.05, 0) is 37.6 Å². The number of hydrogen-bond acceptors (Lipinski definition) is 7. The van der Waals surface area contributed by atoms with Gasteiger partial charge in [0, 0.05) is 21.7 Å². The molecule has 0 aliphatic rings. The predicted octanol–water partition coefficient (Wildman–Crippen LogP) is 4.66. The molecule has 2 aromatic carbocycles. The van der Waals surface area contributed by atoms with Crippen LogP contribution < -0.4 is 9.47 Å². The molecular weight excluding hydrogens is 428 g/mol. The van der Waals surface area contributed by atoms with Gasteiger partial charge >= 0.3 is 0 Å². The summed E-state index contributed by atoms with van der Waals surface area (Å²) in [6, 6.07) is 11.2. The second-order valence-electron chi connectivity index (χ2n) is 6.55. The lowest BCUT2D eigenvalue weighted by atomic mass is 10.1. The lowest BCUT2D eigenvalue weighted by Crippen LogP contribution is -2.12. The number of hydrogen-bond donors (Lipinski definition) is 0. The van der Waals surface area contributed by atoms with Crippen LogP contribution in [0.5, 0.6) is 11.5 Å². The summed E-state index contributed by atoms with van der Waals surface area (Å²) in [4.78, 5) is 11.0. The highest BCUT2D eigenvalue weighted by Crippen LogP contribution is 2.43. The second-order valence-corrected chi connectivity index (χ2v) is 8.13. The standard InChI is InChI=1S/C20H21ClN4O4S/c1-12-5-7-14(8-6-12)25-13(2)22-23-20(25)30-19(11-24(26)27)15-9-17(28-3)18(29-4)10-16(15)21/h5-10,19H,11H2,1-4H3/t19-/m0/s1. The van der Waals surface area contributed by atoms with Gasteiger partial charge in [0.05, 0.1) is 14.2 Å². The summed E-state index contributed by atoms with van der Waals surface area (Å²) in [5.41, 5.74) is 2.57. The van der Waals surface area contributed by atoms with Crippen molar-refractivity contribution in [1.29, 1.82) is 0 Å². The molecule has 0 bridgehead atoms. The highest BCUT2D eigenvalue weighted by atomic mass is 35.5. The van der Waals surface area contributed by atoms with Gasteiger partial charge in [-0.15, -0.1) is 10.2 Å². The van der Waals surface area contributed by atoms with Crippen LogP contribution in [-0.4, -0.2) is 40.5 Å². The van der Waals surface area contributed by atoms with Gasteiger partial charge in [0.25, 0.3) is 0 Å². The molecule has 0 amide bonds. The maximum absolute atomic E-state index is 11.4. The number of halogens is 1. The third-order valence-electron chi connectivity index (χ3n) is 4.50. The summed E-state index contributed by atoms with van der Waals surface area (Å²) in [6.07, 6.45) is 0. The average molecular weight is 449 g/mol.